The Bertz CT molecular complexity index is 359. The van der Waals surface area contributed by atoms with Crippen molar-refractivity contribution in [2.45, 2.75) is 18.3 Å². The lowest BCUT2D eigenvalue weighted by molar-refractivity contribution is 0.909. The summed E-state index contributed by atoms with van der Waals surface area (Å²) in [6.07, 6.45) is 2.02. The summed E-state index contributed by atoms with van der Waals surface area (Å²) in [6.45, 7) is 0. The van der Waals surface area contributed by atoms with Crippen LogP contribution in [0.15, 0.2) is 24.3 Å². The Labute approximate surface area is 78.2 Å². The molecule has 0 spiro atoms. The lowest BCUT2D eigenvalue weighted by atomic mass is 9.97. The first-order chi connectivity index (χ1) is 6.30. The molecule has 0 amide bonds. The van der Waals surface area contributed by atoms with E-state index in [1.807, 2.05) is 25.2 Å². The molecule has 1 aromatic carbocycles. The molecule has 0 heterocycles. The van der Waals surface area contributed by atoms with Gasteiger partial charge >= 0.3 is 0 Å². The molecule has 0 atom stereocenters. The highest BCUT2D eigenvalue weighted by Gasteiger charge is 2.44. The maximum absolute atomic E-state index is 9.00. The normalized spacial score (nSPS) is 17.5. The van der Waals surface area contributed by atoms with E-state index in [1.54, 1.807) is 0 Å². The molecule has 0 radical (unpaired) electrons. The molecule has 0 unspecified atom stereocenters. The van der Waals surface area contributed by atoms with Crippen LogP contribution in [0.4, 0.5) is 5.69 Å². The number of nitrogens with one attached hydrogen (secondary N) is 1. The minimum atomic E-state index is -0.160. The number of nitrogens with zero attached hydrogens (tertiary/aromatic N) is 1. The van der Waals surface area contributed by atoms with Crippen molar-refractivity contribution in [3.05, 3.63) is 29.8 Å². The predicted octanol–water partition coefficient (Wildman–Crippen LogP) is 2.28. The van der Waals surface area contributed by atoms with Crippen LogP contribution in [-0.4, -0.2) is 7.05 Å². The summed E-state index contributed by atoms with van der Waals surface area (Å²) in [4.78, 5) is 0. The lowest BCUT2D eigenvalue weighted by Crippen LogP contribution is -2.02. The van der Waals surface area contributed by atoms with E-state index in [2.05, 4.69) is 17.5 Å². The van der Waals surface area contributed by atoms with E-state index in [9.17, 15) is 0 Å². The van der Waals surface area contributed by atoms with Crippen LogP contribution in [0.5, 0.6) is 0 Å². The number of benzene rings is 1. The van der Waals surface area contributed by atoms with Gasteiger partial charge in [0.2, 0.25) is 0 Å². The van der Waals surface area contributed by atoms with Crippen LogP contribution >= 0.6 is 0 Å². The first kappa shape index (κ1) is 8.12. The molecule has 0 saturated heterocycles. The molecule has 1 aliphatic rings. The zero-order valence-corrected chi connectivity index (χ0v) is 7.67. The molecular weight excluding hydrogens is 160 g/mol. The minimum Gasteiger partial charge on any atom is -0.388 e. The fourth-order valence-electron chi connectivity index (χ4n) is 1.56. The largest absolute Gasteiger partial charge is 0.388 e. The summed E-state index contributed by atoms with van der Waals surface area (Å²) in [6, 6.07) is 10.5. The fraction of sp³-hybridized carbons (Fsp3) is 0.364. The molecule has 2 nitrogen and oxygen atoms in total. The van der Waals surface area contributed by atoms with Crippen LogP contribution in [0.2, 0.25) is 0 Å². The number of hydrogen-bond donors (Lipinski definition) is 1. The van der Waals surface area contributed by atoms with Crippen molar-refractivity contribution >= 4 is 5.69 Å². The number of nitriles is 1. The minimum absolute atomic E-state index is 0.160. The van der Waals surface area contributed by atoms with Crippen LogP contribution in [0.3, 0.4) is 0 Å². The molecule has 1 saturated carbocycles. The van der Waals surface area contributed by atoms with E-state index in [0.29, 0.717) is 0 Å². The van der Waals surface area contributed by atoms with Gasteiger partial charge in [-0.15, -0.1) is 0 Å². The highest BCUT2D eigenvalue weighted by atomic mass is 14.8. The van der Waals surface area contributed by atoms with Crippen molar-refractivity contribution in [2.24, 2.45) is 0 Å². The molecule has 1 fully saturated rings. The highest BCUT2D eigenvalue weighted by Crippen LogP contribution is 2.47. The van der Waals surface area contributed by atoms with Crippen molar-refractivity contribution in [1.82, 2.24) is 0 Å². The van der Waals surface area contributed by atoms with Crippen molar-refractivity contribution in [2.75, 3.05) is 12.4 Å². The third kappa shape index (κ3) is 1.27. The van der Waals surface area contributed by atoms with E-state index in [0.717, 1.165) is 24.1 Å². The zero-order chi connectivity index (χ0) is 9.31. The molecule has 0 bridgehead atoms. The van der Waals surface area contributed by atoms with Gasteiger partial charge in [0.1, 0.15) is 0 Å². The summed E-state index contributed by atoms with van der Waals surface area (Å²) in [5.74, 6) is 0. The molecule has 13 heavy (non-hydrogen) atoms. The van der Waals surface area contributed by atoms with Crippen LogP contribution in [0, 0.1) is 11.3 Å². The molecule has 0 aromatic heterocycles. The second-order valence-electron chi connectivity index (χ2n) is 3.52. The Morgan fingerprint density at radius 2 is 2.23 bits per heavy atom. The number of rotatable bonds is 2. The van der Waals surface area contributed by atoms with Gasteiger partial charge in [0, 0.05) is 12.7 Å². The SMILES string of the molecule is CNc1cccc(C2(C#N)CC2)c1. The van der Waals surface area contributed by atoms with Crippen LogP contribution in [-0.2, 0) is 5.41 Å². The van der Waals surface area contributed by atoms with Gasteiger partial charge < -0.3 is 5.32 Å². The second-order valence-corrected chi connectivity index (χ2v) is 3.52. The Hall–Kier alpha value is -1.49. The number of anilines is 1. The van der Waals surface area contributed by atoms with E-state index < -0.39 is 0 Å². The average molecular weight is 172 g/mol. The number of hydrogen-bond acceptors (Lipinski definition) is 2. The van der Waals surface area contributed by atoms with E-state index in [4.69, 9.17) is 5.26 Å². The molecular formula is C11H12N2. The van der Waals surface area contributed by atoms with Crippen molar-refractivity contribution in [3.63, 3.8) is 0 Å². The topological polar surface area (TPSA) is 35.8 Å². The van der Waals surface area contributed by atoms with Crippen molar-refractivity contribution in [3.8, 4) is 6.07 Å². The third-order valence-corrected chi connectivity index (χ3v) is 2.67. The first-order valence-electron chi connectivity index (χ1n) is 4.50. The predicted molar refractivity (Wildman–Crippen MR) is 52.5 cm³/mol. The fourth-order valence-corrected chi connectivity index (χ4v) is 1.56. The van der Waals surface area contributed by atoms with Crippen molar-refractivity contribution in [1.29, 1.82) is 5.26 Å². The standard InChI is InChI=1S/C11H12N2/c1-13-10-4-2-3-9(7-10)11(8-12)5-6-11/h2-4,7,13H,5-6H2,1H3. The van der Waals surface area contributed by atoms with Gasteiger partial charge in [0.15, 0.2) is 0 Å². The van der Waals surface area contributed by atoms with Crippen LogP contribution < -0.4 is 5.32 Å². The van der Waals surface area contributed by atoms with Gasteiger partial charge in [-0.1, -0.05) is 12.1 Å². The smallest absolute Gasteiger partial charge is 0.0824 e. The molecule has 1 N–H and O–H groups in total. The molecule has 2 rings (SSSR count). The zero-order valence-electron chi connectivity index (χ0n) is 7.67. The Balaban J connectivity index is 2.37. The van der Waals surface area contributed by atoms with Gasteiger partial charge in [-0.25, -0.2) is 0 Å². The Morgan fingerprint density at radius 1 is 1.46 bits per heavy atom. The lowest BCUT2D eigenvalue weighted by Gasteiger charge is -2.07. The monoisotopic (exact) mass is 172 g/mol. The summed E-state index contributed by atoms with van der Waals surface area (Å²) in [7, 11) is 1.89. The summed E-state index contributed by atoms with van der Waals surface area (Å²) in [5.41, 5.74) is 2.08. The molecule has 1 aliphatic carbocycles. The van der Waals surface area contributed by atoms with Crippen molar-refractivity contribution < 1.29 is 0 Å². The molecule has 1 aromatic rings. The summed E-state index contributed by atoms with van der Waals surface area (Å²) in [5, 5.41) is 12.1. The van der Waals surface area contributed by atoms with Gasteiger partial charge in [-0.2, -0.15) is 5.26 Å². The Kier molecular flexibility index (Phi) is 1.73. The molecule has 66 valence electrons. The van der Waals surface area contributed by atoms with Gasteiger partial charge in [0.25, 0.3) is 0 Å². The van der Waals surface area contributed by atoms with E-state index in [-0.39, 0.29) is 5.41 Å². The van der Waals surface area contributed by atoms with Crippen LogP contribution in [0.25, 0.3) is 0 Å². The van der Waals surface area contributed by atoms with Gasteiger partial charge in [-0.05, 0) is 30.5 Å². The van der Waals surface area contributed by atoms with E-state index >= 15 is 0 Å². The van der Waals surface area contributed by atoms with Gasteiger partial charge in [-0.3, -0.25) is 0 Å². The summed E-state index contributed by atoms with van der Waals surface area (Å²) < 4.78 is 0. The van der Waals surface area contributed by atoms with Crippen LogP contribution in [0.1, 0.15) is 18.4 Å². The Morgan fingerprint density at radius 3 is 2.77 bits per heavy atom. The van der Waals surface area contributed by atoms with E-state index in [1.165, 1.54) is 0 Å². The average Bonchev–Trinajstić information content (AvgIpc) is 2.99. The maximum atomic E-state index is 9.00. The summed E-state index contributed by atoms with van der Waals surface area (Å²) >= 11 is 0. The second kappa shape index (κ2) is 2.77. The third-order valence-electron chi connectivity index (χ3n) is 2.67. The quantitative estimate of drug-likeness (QED) is 0.742. The van der Waals surface area contributed by atoms with Gasteiger partial charge in [0.05, 0.1) is 11.5 Å². The molecule has 0 aliphatic heterocycles. The first-order valence-corrected chi connectivity index (χ1v) is 4.50. The molecule has 2 heteroatoms. The maximum Gasteiger partial charge on any atom is 0.0824 e. The highest BCUT2D eigenvalue weighted by molar-refractivity contribution is 5.50.